The molecule has 0 saturated heterocycles. The van der Waals surface area contributed by atoms with Crippen LogP contribution in [0.15, 0.2) is 48.5 Å². The number of nitrogens with one attached hydrogen (secondary N) is 2. The zero-order valence-corrected chi connectivity index (χ0v) is 13.3. The van der Waals surface area contributed by atoms with Gasteiger partial charge in [-0.3, -0.25) is 0 Å². The van der Waals surface area contributed by atoms with Crippen molar-refractivity contribution in [3.05, 3.63) is 71.4 Å². The van der Waals surface area contributed by atoms with Crippen LogP contribution in [-0.4, -0.2) is 9.97 Å². The van der Waals surface area contributed by atoms with Crippen LogP contribution in [0.3, 0.4) is 0 Å². The summed E-state index contributed by atoms with van der Waals surface area (Å²) in [5.41, 5.74) is 2.40. The third-order valence-electron chi connectivity index (χ3n) is 3.38. The fourth-order valence-electron chi connectivity index (χ4n) is 2.20. The first kappa shape index (κ1) is 15.9. The molecule has 4 nitrogen and oxygen atoms in total. The van der Waals surface area contributed by atoms with Crippen LogP contribution < -0.4 is 10.6 Å². The summed E-state index contributed by atoms with van der Waals surface area (Å²) in [7, 11) is 0. The van der Waals surface area contributed by atoms with Gasteiger partial charge in [0.2, 0.25) is 5.95 Å². The van der Waals surface area contributed by atoms with Crippen molar-refractivity contribution < 1.29 is 8.78 Å². The van der Waals surface area contributed by atoms with Crippen molar-refractivity contribution in [2.75, 3.05) is 10.6 Å². The second kappa shape index (κ2) is 6.62. The Balaban J connectivity index is 1.87. The molecule has 2 N–H and O–H groups in total. The van der Waals surface area contributed by atoms with Crippen molar-refractivity contribution in [2.24, 2.45) is 0 Å². The largest absolute Gasteiger partial charge is 0.340 e. The van der Waals surface area contributed by atoms with Crippen molar-refractivity contribution in [3.63, 3.8) is 0 Å². The van der Waals surface area contributed by atoms with Crippen LogP contribution in [-0.2, 0) is 0 Å². The Morgan fingerprint density at radius 3 is 2.17 bits per heavy atom. The summed E-state index contributed by atoms with van der Waals surface area (Å²) in [6.07, 6.45) is 0. The molecular weight excluding hydrogens is 310 g/mol. The third-order valence-corrected chi connectivity index (χ3v) is 3.38. The summed E-state index contributed by atoms with van der Waals surface area (Å²) >= 11 is 0. The minimum atomic E-state index is -0.701. The van der Waals surface area contributed by atoms with Crippen LogP contribution in [0.25, 0.3) is 0 Å². The Bertz CT molecular complexity index is 843. The van der Waals surface area contributed by atoms with Gasteiger partial charge in [-0.1, -0.05) is 23.8 Å². The maximum atomic E-state index is 13.7. The van der Waals surface area contributed by atoms with E-state index in [0.29, 0.717) is 11.5 Å². The molecule has 0 radical (unpaired) electrons. The molecule has 6 heteroatoms. The normalized spacial score (nSPS) is 10.5. The first-order chi connectivity index (χ1) is 11.5. The molecule has 3 aromatic rings. The van der Waals surface area contributed by atoms with Crippen LogP contribution in [0.4, 0.5) is 31.9 Å². The summed E-state index contributed by atoms with van der Waals surface area (Å²) in [6.45, 7) is 3.79. The van der Waals surface area contributed by atoms with Crippen molar-refractivity contribution >= 4 is 23.1 Å². The molecule has 1 aromatic heterocycles. The topological polar surface area (TPSA) is 49.8 Å². The Kier molecular flexibility index (Phi) is 4.37. The van der Waals surface area contributed by atoms with Gasteiger partial charge in [0.15, 0.2) is 0 Å². The lowest BCUT2D eigenvalue weighted by atomic mass is 10.2. The Hall–Kier alpha value is -3.02. The molecule has 0 atom stereocenters. The molecule has 0 aliphatic carbocycles. The van der Waals surface area contributed by atoms with Gasteiger partial charge in [0.1, 0.15) is 23.1 Å². The number of hydrogen-bond donors (Lipinski definition) is 2. The molecule has 1 heterocycles. The van der Waals surface area contributed by atoms with Gasteiger partial charge in [0.25, 0.3) is 0 Å². The molecule has 0 aliphatic heterocycles. The molecule has 0 spiro atoms. The predicted molar refractivity (Wildman–Crippen MR) is 90.9 cm³/mol. The average Bonchev–Trinajstić information content (AvgIpc) is 2.53. The minimum absolute atomic E-state index is 0.119. The first-order valence-corrected chi connectivity index (χ1v) is 7.42. The number of anilines is 4. The van der Waals surface area contributed by atoms with Gasteiger partial charge in [-0.15, -0.1) is 0 Å². The van der Waals surface area contributed by atoms with E-state index < -0.39 is 11.6 Å². The summed E-state index contributed by atoms with van der Waals surface area (Å²) < 4.78 is 27.5. The van der Waals surface area contributed by atoms with E-state index in [1.54, 1.807) is 13.0 Å². The number of rotatable bonds is 4. The summed E-state index contributed by atoms with van der Waals surface area (Å²) in [5, 5.41) is 5.75. The number of nitrogens with zero attached hydrogens (tertiary/aromatic N) is 2. The van der Waals surface area contributed by atoms with Gasteiger partial charge in [-0.2, -0.15) is 4.98 Å². The lowest BCUT2D eigenvalue weighted by molar-refractivity contribution is 0.590. The van der Waals surface area contributed by atoms with Gasteiger partial charge in [-0.05, 0) is 38.1 Å². The van der Waals surface area contributed by atoms with E-state index in [0.717, 1.165) is 11.3 Å². The van der Waals surface area contributed by atoms with Crippen molar-refractivity contribution in [1.82, 2.24) is 9.97 Å². The van der Waals surface area contributed by atoms with Crippen LogP contribution in [0.2, 0.25) is 0 Å². The fourth-order valence-corrected chi connectivity index (χ4v) is 2.20. The summed E-state index contributed by atoms with van der Waals surface area (Å²) in [4.78, 5) is 8.43. The SMILES string of the molecule is Cc1ccc(Nc2cc(C)nc(Nc3c(F)cccc3F)n2)cc1. The highest BCUT2D eigenvalue weighted by atomic mass is 19.1. The maximum Gasteiger partial charge on any atom is 0.229 e. The van der Waals surface area contributed by atoms with E-state index in [2.05, 4.69) is 20.6 Å². The number of halogens is 2. The number of para-hydroxylation sites is 1. The van der Waals surface area contributed by atoms with Crippen LogP contribution >= 0.6 is 0 Å². The molecular formula is C18H16F2N4. The van der Waals surface area contributed by atoms with E-state index in [1.165, 1.54) is 18.2 Å². The summed E-state index contributed by atoms with van der Waals surface area (Å²) in [6, 6.07) is 13.2. The molecule has 0 unspecified atom stereocenters. The standard InChI is InChI=1S/C18H16F2N4/c1-11-6-8-13(9-7-11)22-16-10-12(2)21-18(23-16)24-17-14(19)4-3-5-15(17)20/h3-10H,1-2H3,(H2,21,22,23,24). The quantitative estimate of drug-likeness (QED) is 0.719. The summed E-state index contributed by atoms with van der Waals surface area (Å²) in [5.74, 6) is -0.750. The molecule has 0 amide bonds. The van der Waals surface area contributed by atoms with Crippen molar-refractivity contribution in [2.45, 2.75) is 13.8 Å². The van der Waals surface area contributed by atoms with E-state index >= 15 is 0 Å². The van der Waals surface area contributed by atoms with Gasteiger partial charge in [-0.25, -0.2) is 13.8 Å². The lowest BCUT2D eigenvalue weighted by Gasteiger charge is -2.11. The third kappa shape index (κ3) is 3.65. The van der Waals surface area contributed by atoms with E-state index in [9.17, 15) is 8.78 Å². The lowest BCUT2D eigenvalue weighted by Crippen LogP contribution is -2.04. The zero-order valence-electron chi connectivity index (χ0n) is 13.3. The van der Waals surface area contributed by atoms with Gasteiger partial charge in [0.05, 0.1) is 0 Å². The van der Waals surface area contributed by atoms with Gasteiger partial charge < -0.3 is 10.6 Å². The van der Waals surface area contributed by atoms with Crippen LogP contribution in [0, 0.1) is 25.5 Å². The molecule has 2 aromatic carbocycles. The van der Waals surface area contributed by atoms with Crippen LogP contribution in [0.1, 0.15) is 11.3 Å². The first-order valence-electron chi connectivity index (χ1n) is 7.42. The highest BCUT2D eigenvalue weighted by Crippen LogP contribution is 2.23. The van der Waals surface area contributed by atoms with Crippen molar-refractivity contribution in [1.29, 1.82) is 0 Å². The second-order valence-corrected chi connectivity index (χ2v) is 5.43. The minimum Gasteiger partial charge on any atom is -0.340 e. The number of benzene rings is 2. The highest BCUT2D eigenvalue weighted by Gasteiger charge is 2.11. The predicted octanol–water partition coefficient (Wildman–Crippen LogP) is 4.86. The second-order valence-electron chi connectivity index (χ2n) is 5.43. The van der Waals surface area contributed by atoms with Crippen LogP contribution in [0.5, 0.6) is 0 Å². The number of aromatic nitrogens is 2. The van der Waals surface area contributed by atoms with E-state index in [4.69, 9.17) is 0 Å². The maximum absolute atomic E-state index is 13.7. The zero-order chi connectivity index (χ0) is 17.1. The van der Waals surface area contributed by atoms with E-state index in [-0.39, 0.29) is 11.6 Å². The Morgan fingerprint density at radius 2 is 1.50 bits per heavy atom. The molecule has 24 heavy (non-hydrogen) atoms. The fraction of sp³-hybridized carbons (Fsp3) is 0.111. The number of hydrogen-bond acceptors (Lipinski definition) is 4. The average molecular weight is 326 g/mol. The van der Waals surface area contributed by atoms with Crippen molar-refractivity contribution in [3.8, 4) is 0 Å². The van der Waals surface area contributed by atoms with E-state index in [1.807, 2.05) is 31.2 Å². The molecule has 0 saturated carbocycles. The molecule has 3 rings (SSSR count). The van der Waals surface area contributed by atoms with Gasteiger partial charge >= 0.3 is 0 Å². The number of aryl methyl sites for hydroxylation is 2. The monoisotopic (exact) mass is 326 g/mol. The molecule has 0 bridgehead atoms. The Morgan fingerprint density at radius 1 is 0.833 bits per heavy atom. The highest BCUT2D eigenvalue weighted by molar-refractivity contribution is 5.60. The van der Waals surface area contributed by atoms with Gasteiger partial charge in [0, 0.05) is 17.4 Å². The molecule has 0 aliphatic rings. The smallest absolute Gasteiger partial charge is 0.229 e. The Labute approximate surface area is 138 Å². The molecule has 122 valence electrons. The molecule has 0 fully saturated rings.